The number of nitrogens with zero attached hydrogens (tertiary/aromatic N) is 1. The monoisotopic (exact) mass is 388 g/mol. The standard InChI is InChI=1S/C19H17ClN2O3S/c1-10-12(3)26-19-16(10)18(24)21-17(22-19)11(2)25-15(23)8-7-13-5-4-6-14(20)9-13/h4-9,11H,1-3H3,(H,21,22,24)/b8-7+/t11-/m0/s1. The lowest BCUT2D eigenvalue weighted by molar-refractivity contribution is -0.142. The maximum Gasteiger partial charge on any atom is 0.331 e. The normalized spacial score (nSPS) is 12.6. The summed E-state index contributed by atoms with van der Waals surface area (Å²) in [6, 6.07) is 7.12. The molecule has 1 aromatic carbocycles. The van der Waals surface area contributed by atoms with Gasteiger partial charge in [-0.2, -0.15) is 0 Å². The smallest absolute Gasteiger partial charge is 0.331 e. The van der Waals surface area contributed by atoms with E-state index in [1.54, 1.807) is 31.2 Å². The molecule has 3 rings (SSSR count). The molecule has 0 aliphatic heterocycles. The first-order valence-electron chi connectivity index (χ1n) is 7.99. The zero-order chi connectivity index (χ0) is 18.8. The van der Waals surface area contributed by atoms with Crippen molar-refractivity contribution in [2.24, 2.45) is 0 Å². The van der Waals surface area contributed by atoms with Crippen molar-refractivity contribution in [3.63, 3.8) is 0 Å². The molecule has 0 amide bonds. The molecule has 5 nitrogen and oxygen atoms in total. The van der Waals surface area contributed by atoms with Crippen LogP contribution in [-0.2, 0) is 9.53 Å². The van der Waals surface area contributed by atoms with Gasteiger partial charge >= 0.3 is 5.97 Å². The van der Waals surface area contributed by atoms with Crippen LogP contribution in [0.4, 0.5) is 0 Å². The minimum absolute atomic E-state index is 0.218. The lowest BCUT2D eigenvalue weighted by Crippen LogP contribution is -2.16. The van der Waals surface area contributed by atoms with Gasteiger partial charge in [-0.25, -0.2) is 9.78 Å². The third-order valence-electron chi connectivity index (χ3n) is 4.00. The largest absolute Gasteiger partial charge is 0.451 e. The molecule has 0 unspecified atom stereocenters. The Labute approximate surface area is 159 Å². The summed E-state index contributed by atoms with van der Waals surface area (Å²) >= 11 is 7.36. The minimum atomic E-state index is -0.675. The molecule has 1 N–H and O–H groups in total. The average molecular weight is 389 g/mol. The van der Waals surface area contributed by atoms with Crippen molar-refractivity contribution in [1.82, 2.24) is 9.97 Å². The number of nitrogens with one attached hydrogen (secondary N) is 1. The van der Waals surface area contributed by atoms with Crippen molar-refractivity contribution >= 4 is 45.2 Å². The number of hydrogen-bond acceptors (Lipinski definition) is 5. The highest BCUT2D eigenvalue weighted by atomic mass is 35.5. The molecule has 2 aromatic heterocycles. The Kier molecular flexibility index (Phi) is 5.25. The molecule has 7 heteroatoms. The lowest BCUT2D eigenvalue weighted by atomic mass is 10.2. The number of ether oxygens (including phenoxy) is 1. The van der Waals surface area contributed by atoms with Crippen LogP contribution >= 0.6 is 22.9 Å². The van der Waals surface area contributed by atoms with Crippen LogP contribution in [0.15, 0.2) is 35.1 Å². The molecule has 0 saturated heterocycles. The van der Waals surface area contributed by atoms with Gasteiger partial charge in [0.1, 0.15) is 4.83 Å². The molecule has 26 heavy (non-hydrogen) atoms. The first-order chi connectivity index (χ1) is 12.3. The zero-order valence-corrected chi connectivity index (χ0v) is 16.1. The van der Waals surface area contributed by atoms with E-state index in [2.05, 4.69) is 9.97 Å². The van der Waals surface area contributed by atoms with Gasteiger partial charge in [-0.15, -0.1) is 11.3 Å². The third-order valence-corrected chi connectivity index (χ3v) is 5.33. The van der Waals surface area contributed by atoms with Crippen molar-refractivity contribution in [3.05, 3.63) is 67.5 Å². The van der Waals surface area contributed by atoms with E-state index in [0.29, 0.717) is 21.1 Å². The van der Waals surface area contributed by atoms with E-state index in [0.717, 1.165) is 16.0 Å². The van der Waals surface area contributed by atoms with E-state index in [1.165, 1.54) is 17.4 Å². The molecule has 0 saturated carbocycles. The summed E-state index contributed by atoms with van der Waals surface area (Å²) in [4.78, 5) is 33.2. The number of H-pyrrole nitrogens is 1. The van der Waals surface area contributed by atoms with Gasteiger partial charge in [0.05, 0.1) is 5.39 Å². The molecule has 134 valence electrons. The number of fused-ring (bicyclic) bond motifs is 1. The molecule has 2 heterocycles. The molecule has 1 atom stereocenters. The van der Waals surface area contributed by atoms with E-state index in [-0.39, 0.29) is 5.56 Å². The Hall–Kier alpha value is -2.44. The third kappa shape index (κ3) is 3.86. The molecule has 0 spiro atoms. The average Bonchev–Trinajstić information content (AvgIpc) is 2.87. The van der Waals surface area contributed by atoms with Gasteiger partial charge in [0, 0.05) is 16.0 Å². The lowest BCUT2D eigenvalue weighted by Gasteiger charge is -2.11. The van der Waals surface area contributed by atoms with E-state index in [9.17, 15) is 9.59 Å². The van der Waals surface area contributed by atoms with E-state index in [1.807, 2.05) is 19.9 Å². The van der Waals surface area contributed by atoms with Crippen LogP contribution in [0.2, 0.25) is 5.02 Å². The molecule has 0 aliphatic carbocycles. The topological polar surface area (TPSA) is 72.0 Å². The van der Waals surface area contributed by atoms with E-state index >= 15 is 0 Å². The summed E-state index contributed by atoms with van der Waals surface area (Å²) in [6.07, 6.45) is 2.26. The number of carbonyl (C=O) groups is 1. The van der Waals surface area contributed by atoms with E-state index < -0.39 is 12.1 Å². The Bertz CT molecular complexity index is 1070. The van der Waals surface area contributed by atoms with Gasteiger partial charge in [0.2, 0.25) is 0 Å². The highest BCUT2D eigenvalue weighted by molar-refractivity contribution is 7.18. The first kappa shape index (κ1) is 18.4. The van der Waals surface area contributed by atoms with Gasteiger partial charge in [-0.1, -0.05) is 23.7 Å². The molecule has 0 bridgehead atoms. The molecule has 0 radical (unpaired) electrons. The van der Waals surface area contributed by atoms with Crippen molar-refractivity contribution < 1.29 is 9.53 Å². The number of esters is 1. The Morgan fingerprint density at radius 3 is 2.88 bits per heavy atom. The van der Waals surface area contributed by atoms with Crippen LogP contribution in [0, 0.1) is 13.8 Å². The molecule has 0 fully saturated rings. The summed E-state index contributed by atoms with van der Waals surface area (Å²) in [5.74, 6) is -0.202. The zero-order valence-electron chi connectivity index (χ0n) is 14.5. The van der Waals surface area contributed by atoms with Crippen molar-refractivity contribution in [1.29, 1.82) is 0 Å². The fourth-order valence-corrected chi connectivity index (χ4v) is 3.74. The highest BCUT2D eigenvalue weighted by Gasteiger charge is 2.17. The van der Waals surface area contributed by atoms with Gasteiger partial charge in [-0.3, -0.25) is 4.79 Å². The Morgan fingerprint density at radius 2 is 2.15 bits per heavy atom. The van der Waals surface area contributed by atoms with Gasteiger partial charge < -0.3 is 9.72 Å². The number of thiophene rings is 1. The van der Waals surface area contributed by atoms with Crippen LogP contribution in [0.5, 0.6) is 0 Å². The highest BCUT2D eigenvalue weighted by Crippen LogP contribution is 2.27. The molecule has 3 aromatic rings. The summed E-state index contributed by atoms with van der Waals surface area (Å²) in [5, 5.41) is 1.18. The summed E-state index contributed by atoms with van der Waals surface area (Å²) < 4.78 is 5.34. The number of aromatic nitrogens is 2. The number of hydrogen-bond donors (Lipinski definition) is 1. The van der Waals surface area contributed by atoms with Crippen LogP contribution in [0.1, 0.15) is 34.9 Å². The fourth-order valence-electron chi connectivity index (χ4n) is 2.51. The number of benzene rings is 1. The van der Waals surface area contributed by atoms with Crippen molar-refractivity contribution in [3.8, 4) is 0 Å². The maximum atomic E-state index is 12.3. The minimum Gasteiger partial charge on any atom is -0.451 e. The second-order valence-electron chi connectivity index (χ2n) is 5.88. The van der Waals surface area contributed by atoms with Crippen LogP contribution in [-0.4, -0.2) is 15.9 Å². The first-order valence-corrected chi connectivity index (χ1v) is 9.19. The second kappa shape index (κ2) is 7.43. The van der Waals surface area contributed by atoms with Crippen LogP contribution in [0.3, 0.4) is 0 Å². The molecular weight excluding hydrogens is 372 g/mol. The number of carbonyl (C=O) groups excluding carboxylic acids is 1. The Balaban J connectivity index is 1.77. The Morgan fingerprint density at radius 1 is 1.38 bits per heavy atom. The molecular formula is C19H17ClN2O3S. The van der Waals surface area contributed by atoms with Gasteiger partial charge in [0.25, 0.3) is 5.56 Å². The maximum absolute atomic E-state index is 12.3. The molecule has 0 aliphatic rings. The van der Waals surface area contributed by atoms with Crippen molar-refractivity contribution in [2.45, 2.75) is 26.9 Å². The van der Waals surface area contributed by atoms with Crippen LogP contribution in [0.25, 0.3) is 16.3 Å². The van der Waals surface area contributed by atoms with Gasteiger partial charge in [-0.05, 0) is 50.1 Å². The quantitative estimate of drug-likeness (QED) is 0.524. The number of rotatable bonds is 4. The number of aromatic amines is 1. The summed E-state index contributed by atoms with van der Waals surface area (Å²) in [7, 11) is 0. The van der Waals surface area contributed by atoms with Gasteiger partial charge in [0.15, 0.2) is 11.9 Å². The SMILES string of the molecule is Cc1sc2nc([C@H](C)OC(=O)/C=C/c3cccc(Cl)c3)[nH]c(=O)c2c1C. The fraction of sp³-hybridized carbons (Fsp3) is 0.211. The predicted molar refractivity (Wildman–Crippen MR) is 105 cm³/mol. The van der Waals surface area contributed by atoms with E-state index in [4.69, 9.17) is 16.3 Å². The number of aryl methyl sites for hydroxylation is 2. The second-order valence-corrected chi connectivity index (χ2v) is 7.52. The summed E-state index contributed by atoms with van der Waals surface area (Å²) in [6.45, 7) is 5.52. The van der Waals surface area contributed by atoms with Crippen molar-refractivity contribution in [2.75, 3.05) is 0 Å². The predicted octanol–water partition coefficient (Wildman–Crippen LogP) is 4.57. The van der Waals surface area contributed by atoms with Crippen LogP contribution < -0.4 is 5.56 Å². The summed E-state index contributed by atoms with van der Waals surface area (Å²) in [5.41, 5.74) is 1.50. The number of halogens is 1.